The third-order valence-electron chi connectivity index (χ3n) is 3.05. The van der Waals surface area contributed by atoms with Crippen molar-refractivity contribution in [1.29, 1.82) is 0 Å². The summed E-state index contributed by atoms with van der Waals surface area (Å²) in [6.07, 6.45) is -2.71. The first-order chi connectivity index (χ1) is 11.0. The molecule has 0 radical (unpaired) electrons. The van der Waals surface area contributed by atoms with Crippen LogP contribution < -0.4 is 21.3 Å². The number of rotatable bonds is 5. The van der Waals surface area contributed by atoms with Crippen molar-refractivity contribution in [3.8, 4) is 5.88 Å². The molecule has 0 unspecified atom stereocenters. The summed E-state index contributed by atoms with van der Waals surface area (Å²) in [5, 5.41) is 2.39. The van der Waals surface area contributed by atoms with Gasteiger partial charge in [-0.1, -0.05) is 18.2 Å². The van der Waals surface area contributed by atoms with Crippen molar-refractivity contribution < 1.29 is 18.3 Å². The van der Waals surface area contributed by atoms with Gasteiger partial charge in [0.25, 0.3) is 6.43 Å². The molecular formula is C15H16F2N4O2. The van der Waals surface area contributed by atoms with Crippen LogP contribution in [0.25, 0.3) is 0 Å². The lowest BCUT2D eigenvalue weighted by molar-refractivity contribution is 0.148. The molecule has 0 atom stereocenters. The highest BCUT2D eigenvalue weighted by atomic mass is 19.3. The van der Waals surface area contributed by atoms with E-state index < -0.39 is 12.5 Å². The first kappa shape index (κ1) is 16.6. The number of aromatic nitrogens is 1. The normalized spacial score (nSPS) is 10.5. The van der Waals surface area contributed by atoms with Crippen LogP contribution in [0.2, 0.25) is 0 Å². The maximum absolute atomic E-state index is 13.2. The Bertz CT molecular complexity index is 695. The first-order valence-corrected chi connectivity index (χ1v) is 6.75. The van der Waals surface area contributed by atoms with Crippen molar-refractivity contribution in [2.24, 2.45) is 5.84 Å². The maximum Gasteiger partial charge on any atom is 0.333 e. The van der Waals surface area contributed by atoms with Crippen LogP contribution in [0.3, 0.4) is 0 Å². The number of hydrazine groups is 1. The van der Waals surface area contributed by atoms with Crippen molar-refractivity contribution >= 4 is 11.7 Å². The summed E-state index contributed by atoms with van der Waals surface area (Å²) in [6.45, 7) is 1.62. The summed E-state index contributed by atoms with van der Waals surface area (Å²) in [7, 11) is 0. The van der Waals surface area contributed by atoms with Crippen molar-refractivity contribution in [2.75, 3.05) is 5.32 Å². The number of carbonyl (C=O) groups is 1. The highest BCUT2D eigenvalue weighted by molar-refractivity contribution is 5.89. The number of nitrogens with one attached hydrogen (secondary N) is 2. The average molecular weight is 322 g/mol. The molecule has 0 fully saturated rings. The van der Waals surface area contributed by atoms with E-state index in [0.29, 0.717) is 5.88 Å². The number of pyridine rings is 1. The Balaban J connectivity index is 2.28. The molecule has 1 heterocycles. The van der Waals surface area contributed by atoms with Gasteiger partial charge in [-0.15, -0.1) is 0 Å². The van der Waals surface area contributed by atoms with E-state index in [2.05, 4.69) is 10.3 Å². The van der Waals surface area contributed by atoms with E-state index >= 15 is 0 Å². The third-order valence-corrected chi connectivity index (χ3v) is 3.05. The predicted octanol–water partition coefficient (Wildman–Crippen LogP) is 2.90. The number of aryl methyl sites for hydroxylation is 1. The molecule has 0 aliphatic carbocycles. The fourth-order valence-electron chi connectivity index (χ4n) is 1.99. The molecule has 0 aliphatic heterocycles. The molecule has 23 heavy (non-hydrogen) atoms. The Morgan fingerprint density at radius 1 is 1.30 bits per heavy atom. The second kappa shape index (κ2) is 7.50. The largest absolute Gasteiger partial charge is 0.473 e. The van der Waals surface area contributed by atoms with Gasteiger partial charge in [-0.2, -0.15) is 0 Å². The molecule has 2 aromatic rings. The molecule has 0 saturated carbocycles. The van der Waals surface area contributed by atoms with Crippen LogP contribution in [0, 0.1) is 6.92 Å². The van der Waals surface area contributed by atoms with Gasteiger partial charge in [-0.05, 0) is 19.1 Å². The highest BCUT2D eigenvalue weighted by Gasteiger charge is 2.18. The zero-order chi connectivity index (χ0) is 16.8. The lowest BCUT2D eigenvalue weighted by Crippen LogP contribution is -2.34. The summed E-state index contributed by atoms with van der Waals surface area (Å²) >= 11 is 0. The maximum atomic E-state index is 13.2. The lowest BCUT2D eigenvalue weighted by Gasteiger charge is -2.15. The summed E-state index contributed by atoms with van der Waals surface area (Å²) in [5.74, 6) is 5.31. The minimum Gasteiger partial charge on any atom is -0.473 e. The van der Waals surface area contributed by atoms with Gasteiger partial charge < -0.3 is 10.1 Å². The fourth-order valence-corrected chi connectivity index (χ4v) is 1.99. The smallest absolute Gasteiger partial charge is 0.333 e. The van der Waals surface area contributed by atoms with Crippen LogP contribution in [-0.4, -0.2) is 11.0 Å². The van der Waals surface area contributed by atoms with Gasteiger partial charge in [0.05, 0.1) is 0 Å². The molecule has 0 spiro atoms. The van der Waals surface area contributed by atoms with Crippen molar-refractivity contribution in [3.05, 3.63) is 53.2 Å². The monoisotopic (exact) mass is 322 g/mol. The summed E-state index contributed by atoms with van der Waals surface area (Å²) in [6, 6.07) is 8.63. The number of alkyl halides is 2. The molecule has 0 saturated heterocycles. The standard InChI is InChI=1S/C15H16F2N4O2/c1-9-4-2-7-13(19-9)23-8-11-10(14(16)17)5-3-6-12(11)20-15(22)21-18/h2-7,14H,8,18H2,1H3,(H2,20,21,22). The Morgan fingerprint density at radius 3 is 2.70 bits per heavy atom. The van der Waals surface area contributed by atoms with Gasteiger partial charge in [0, 0.05) is 28.6 Å². The molecule has 0 bridgehead atoms. The van der Waals surface area contributed by atoms with Crippen LogP contribution in [0.4, 0.5) is 19.3 Å². The zero-order valence-electron chi connectivity index (χ0n) is 12.3. The van der Waals surface area contributed by atoms with Crippen molar-refractivity contribution in [3.63, 3.8) is 0 Å². The number of benzene rings is 1. The van der Waals surface area contributed by atoms with E-state index in [9.17, 15) is 13.6 Å². The number of amides is 2. The third kappa shape index (κ3) is 4.36. The number of nitrogens with zero attached hydrogens (tertiary/aromatic N) is 1. The Hall–Kier alpha value is -2.74. The van der Waals surface area contributed by atoms with E-state index in [1.54, 1.807) is 25.1 Å². The molecule has 1 aromatic carbocycles. The SMILES string of the molecule is Cc1cccc(OCc2c(NC(=O)NN)cccc2C(F)F)n1. The average Bonchev–Trinajstić information content (AvgIpc) is 2.53. The molecule has 4 N–H and O–H groups in total. The second-order valence-electron chi connectivity index (χ2n) is 4.68. The molecule has 2 amide bonds. The number of urea groups is 1. The summed E-state index contributed by atoms with van der Waals surface area (Å²) < 4.78 is 31.9. The summed E-state index contributed by atoms with van der Waals surface area (Å²) in [5.41, 5.74) is 2.75. The minimum absolute atomic E-state index is 0.161. The number of halogens is 2. The number of hydrogen-bond acceptors (Lipinski definition) is 4. The number of ether oxygens (including phenoxy) is 1. The molecule has 8 heteroatoms. The summed E-state index contributed by atoms with van der Waals surface area (Å²) in [4.78, 5) is 15.5. The van der Waals surface area contributed by atoms with E-state index in [0.717, 1.165) is 5.69 Å². The first-order valence-electron chi connectivity index (χ1n) is 6.75. The van der Waals surface area contributed by atoms with Crippen LogP contribution in [0.5, 0.6) is 5.88 Å². The van der Waals surface area contributed by atoms with Crippen molar-refractivity contribution in [2.45, 2.75) is 20.0 Å². The Morgan fingerprint density at radius 2 is 2.04 bits per heavy atom. The molecule has 0 aliphatic rings. The van der Waals surface area contributed by atoms with Gasteiger partial charge in [-0.3, -0.25) is 5.43 Å². The van der Waals surface area contributed by atoms with Crippen LogP contribution in [-0.2, 0) is 6.61 Å². The molecule has 6 nitrogen and oxygen atoms in total. The van der Waals surface area contributed by atoms with Gasteiger partial charge in [0.1, 0.15) is 6.61 Å². The molecule has 2 rings (SSSR count). The van der Waals surface area contributed by atoms with Crippen LogP contribution >= 0.6 is 0 Å². The quantitative estimate of drug-likeness (QED) is 0.448. The Kier molecular flexibility index (Phi) is 5.42. The van der Waals surface area contributed by atoms with Gasteiger partial charge >= 0.3 is 6.03 Å². The van der Waals surface area contributed by atoms with E-state index in [-0.39, 0.29) is 23.4 Å². The Labute approximate surface area is 131 Å². The van der Waals surface area contributed by atoms with Gasteiger partial charge in [0.2, 0.25) is 5.88 Å². The topological polar surface area (TPSA) is 89.3 Å². The number of anilines is 1. The van der Waals surface area contributed by atoms with Gasteiger partial charge in [-0.25, -0.2) is 24.4 Å². The minimum atomic E-state index is -2.71. The number of hydrogen-bond donors (Lipinski definition) is 3. The predicted molar refractivity (Wildman–Crippen MR) is 81.0 cm³/mol. The fraction of sp³-hybridized carbons (Fsp3) is 0.200. The van der Waals surface area contributed by atoms with Gasteiger partial charge in [0.15, 0.2) is 0 Å². The molecular weight excluding hydrogens is 306 g/mol. The van der Waals surface area contributed by atoms with Crippen LogP contribution in [0.15, 0.2) is 36.4 Å². The molecule has 122 valence electrons. The number of carbonyl (C=O) groups excluding carboxylic acids is 1. The highest BCUT2D eigenvalue weighted by Crippen LogP contribution is 2.29. The lowest BCUT2D eigenvalue weighted by atomic mass is 10.1. The number of nitrogens with two attached hydrogens (primary N) is 1. The van der Waals surface area contributed by atoms with Crippen molar-refractivity contribution in [1.82, 2.24) is 10.4 Å². The van der Waals surface area contributed by atoms with Crippen LogP contribution in [0.1, 0.15) is 23.2 Å². The van der Waals surface area contributed by atoms with E-state index in [1.807, 2.05) is 5.43 Å². The molecule has 1 aromatic heterocycles. The van der Waals surface area contributed by atoms with E-state index in [1.165, 1.54) is 18.2 Å². The zero-order valence-corrected chi connectivity index (χ0v) is 12.3. The second-order valence-corrected chi connectivity index (χ2v) is 4.68. The van der Waals surface area contributed by atoms with E-state index in [4.69, 9.17) is 10.6 Å².